The van der Waals surface area contributed by atoms with Gasteiger partial charge in [-0.2, -0.15) is 0 Å². The normalized spacial score (nSPS) is 14.3. The zero-order valence-corrected chi connectivity index (χ0v) is 17.7. The zero-order valence-electron chi connectivity index (χ0n) is 16.9. The summed E-state index contributed by atoms with van der Waals surface area (Å²) < 4.78 is 10.4. The Morgan fingerprint density at radius 2 is 1.89 bits per heavy atom. The maximum atomic E-state index is 12.9. The zero-order chi connectivity index (χ0) is 20.3. The summed E-state index contributed by atoms with van der Waals surface area (Å²) in [5, 5.41) is 3.51. The van der Waals surface area contributed by atoms with Crippen LogP contribution in [-0.2, 0) is 9.47 Å². The van der Waals surface area contributed by atoms with Crippen molar-refractivity contribution in [3.8, 4) is 0 Å². The average Bonchev–Trinajstić information content (AvgIpc) is 2.86. The van der Waals surface area contributed by atoms with E-state index in [-0.39, 0.29) is 5.91 Å². The number of methoxy groups -OCH3 is 2. The second-order valence-corrected chi connectivity index (χ2v) is 7.81. The van der Waals surface area contributed by atoms with Gasteiger partial charge in [0.25, 0.3) is 5.91 Å². The molecule has 5 nitrogen and oxygen atoms in total. The molecule has 1 heterocycles. The summed E-state index contributed by atoms with van der Waals surface area (Å²) in [6.45, 7) is 4.47. The average molecular weight is 399 g/mol. The second kappa shape index (κ2) is 8.82. The van der Waals surface area contributed by atoms with Gasteiger partial charge in [0.2, 0.25) is 0 Å². The third kappa shape index (κ3) is 4.24. The monoisotopic (exact) mass is 398 g/mol. The Balaban J connectivity index is 1.90. The summed E-state index contributed by atoms with van der Waals surface area (Å²) in [5.74, 6) is -0.0756. The number of hydrogen-bond acceptors (Lipinski definition) is 5. The number of aryl methyl sites for hydroxylation is 1. The summed E-state index contributed by atoms with van der Waals surface area (Å²) in [6.07, 6.45) is 1.62. The van der Waals surface area contributed by atoms with Gasteiger partial charge in [0.1, 0.15) is 0 Å². The molecule has 0 unspecified atom stereocenters. The number of anilines is 1. The molecule has 6 heteroatoms. The molecule has 1 aliphatic rings. The van der Waals surface area contributed by atoms with E-state index in [2.05, 4.69) is 36.5 Å². The molecule has 148 valence electrons. The van der Waals surface area contributed by atoms with E-state index in [1.807, 2.05) is 25.1 Å². The first-order chi connectivity index (χ1) is 13.5. The second-order valence-electron chi connectivity index (χ2n) is 6.73. The fourth-order valence-electron chi connectivity index (χ4n) is 3.12. The Morgan fingerprint density at radius 1 is 1.18 bits per heavy atom. The quantitative estimate of drug-likeness (QED) is 0.745. The predicted octanol–water partition coefficient (Wildman–Crippen LogP) is 4.62. The number of allylic oxidation sites excluding steroid dienone is 1. The van der Waals surface area contributed by atoms with Crippen LogP contribution in [0.5, 0.6) is 0 Å². The van der Waals surface area contributed by atoms with Gasteiger partial charge in [-0.05, 0) is 44.2 Å². The lowest BCUT2D eigenvalue weighted by Crippen LogP contribution is -2.36. The van der Waals surface area contributed by atoms with Crippen LogP contribution in [0.25, 0.3) is 5.70 Å². The van der Waals surface area contributed by atoms with Crippen molar-refractivity contribution in [2.24, 2.45) is 0 Å². The van der Waals surface area contributed by atoms with Crippen molar-refractivity contribution in [2.75, 3.05) is 33.1 Å². The fourth-order valence-corrected chi connectivity index (χ4v) is 4.13. The van der Waals surface area contributed by atoms with Crippen molar-refractivity contribution in [2.45, 2.75) is 29.9 Å². The minimum Gasteiger partial charge on any atom is -0.354 e. The minimum atomic E-state index is -0.448. The molecular weight excluding hydrogens is 372 g/mol. The third-order valence-corrected chi connectivity index (χ3v) is 5.88. The maximum absolute atomic E-state index is 12.9. The molecule has 1 amide bonds. The van der Waals surface area contributed by atoms with Crippen LogP contribution in [-0.4, -0.2) is 44.9 Å². The fraction of sp³-hybridized carbons (Fsp3) is 0.318. The highest BCUT2D eigenvalue weighted by atomic mass is 32.2. The number of fused-ring (bicyclic) bond motifs is 2. The number of likely N-dealkylation sites (N-methyl/N-ethyl adjacent to an activating group) is 1. The molecule has 0 saturated heterocycles. The molecule has 2 aromatic rings. The van der Waals surface area contributed by atoms with Crippen LogP contribution in [0.15, 0.2) is 52.3 Å². The third-order valence-electron chi connectivity index (χ3n) is 4.73. The first-order valence-corrected chi connectivity index (χ1v) is 9.95. The van der Waals surface area contributed by atoms with Crippen LogP contribution >= 0.6 is 11.8 Å². The van der Waals surface area contributed by atoms with Gasteiger partial charge in [-0.25, -0.2) is 0 Å². The molecular formula is C22H26N2O3S. The smallest absolute Gasteiger partial charge is 0.253 e. The Kier molecular flexibility index (Phi) is 6.44. The van der Waals surface area contributed by atoms with Crippen molar-refractivity contribution in [1.29, 1.82) is 0 Å². The van der Waals surface area contributed by atoms with Crippen LogP contribution in [0.3, 0.4) is 0 Å². The van der Waals surface area contributed by atoms with E-state index in [1.165, 1.54) is 16.0 Å². The lowest BCUT2D eigenvalue weighted by molar-refractivity contribution is -0.110. The van der Waals surface area contributed by atoms with Gasteiger partial charge < -0.3 is 19.7 Å². The Bertz CT molecular complexity index is 907. The van der Waals surface area contributed by atoms with Gasteiger partial charge in [0.15, 0.2) is 6.29 Å². The number of carbonyl (C=O) groups is 1. The molecule has 0 spiro atoms. The number of carbonyl (C=O) groups excluding carboxylic acids is 1. The summed E-state index contributed by atoms with van der Waals surface area (Å²) in [4.78, 5) is 16.8. The number of nitrogens with one attached hydrogen (secondary N) is 1. The lowest BCUT2D eigenvalue weighted by atomic mass is 10.1. The highest BCUT2D eigenvalue weighted by molar-refractivity contribution is 7.99. The van der Waals surface area contributed by atoms with Gasteiger partial charge in [0.05, 0.1) is 12.2 Å². The van der Waals surface area contributed by atoms with E-state index >= 15 is 0 Å². The molecule has 0 bridgehead atoms. The van der Waals surface area contributed by atoms with E-state index in [1.54, 1.807) is 37.9 Å². The van der Waals surface area contributed by atoms with Crippen molar-refractivity contribution in [3.63, 3.8) is 0 Å². The minimum absolute atomic E-state index is 0.0756. The summed E-state index contributed by atoms with van der Waals surface area (Å²) in [6, 6.07) is 12.2. The van der Waals surface area contributed by atoms with E-state index in [0.717, 1.165) is 16.3 Å². The van der Waals surface area contributed by atoms with Gasteiger partial charge in [-0.1, -0.05) is 29.5 Å². The molecule has 0 aliphatic carbocycles. The van der Waals surface area contributed by atoms with Crippen LogP contribution in [0.1, 0.15) is 28.4 Å². The van der Waals surface area contributed by atoms with Gasteiger partial charge in [-0.3, -0.25) is 4.79 Å². The Hall–Kier alpha value is -2.28. The van der Waals surface area contributed by atoms with E-state index in [4.69, 9.17) is 9.47 Å². The van der Waals surface area contributed by atoms with E-state index in [0.29, 0.717) is 12.1 Å². The number of hydrogen-bond donors (Lipinski definition) is 1. The Labute approximate surface area is 170 Å². The molecule has 0 fully saturated rings. The maximum Gasteiger partial charge on any atom is 0.253 e. The van der Waals surface area contributed by atoms with Crippen molar-refractivity contribution < 1.29 is 14.3 Å². The number of nitrogens with zero attached hydrogens (tertiary/aromatic N) is 1. The summed E-state index contributed by atoms with van der Waals surface area (Å²) in [7, 11) is 4.87. The molecule has 28 heavy (non-hydrogen) atoms. The topological polar surface area (TPSA) is 50.8 Å². The molecule has 0 radical (unpaired) electrons. The van der Waals surface area contributed by atoms with Crippen molar-refractivity contribution >= 4 is 29.1 Å². The van der Waals surface area contributed by atoms with E-state index in [9.17, 15) is 4.79 Å². The first-order valence-electron chi connectivity index (χ1n) is 9.14. The van der Waals surface area contributed by atoms with Gasteiger partial charge in [-0.15, -0.1) is 0 Å². The molecule has 0 saturated carbocycles. The molecule has 0 aromatic heterocycles. The van der Waals surface area contributed by atoms with Crippen LogP contribution < -0.4 is 5.32 Å². The largest absolute Gasteiger partial charge is 0.354 e. The van der Waals surface area contributed by atoms with Crippen molar-refractivity contribution in [3.05, 3.63) is 59.2 Å². The molecule has 1 aliphatic heterocycles. The lowest BCUT2D eigenvalue weighted by Gasteiger charge is -2.22. The highest BCUT2D eigenvalue weighted by Gasteiger charge is 2.21. The van der Waals surface area contributed by atoms with Crippen LogP contribution in [0.2, 0.25) is 0 Å². The van der Waals surface area contributed by atoms with Crippen molar-refractivity contribution in [1.82, 2.24) is 4.90 Å². The Morgan fingerprint density at radius 3 is 2.57 bits per heavy atom. The molecule has 1 N–H and O–H groups in total. The first kappa shape index (κ1) is 20.5. The van der Waals surface area contributed by atoms with E-state index < -0.39 is 6.29 Å². The summed E-state index contributed by atoms with van der Waals surface area (Å²) >= 11 is 1.71. The molecule has 0 atom stereocenters. The van der Waals surface area contributed by atoms with Crippen LogP contribution in [0, 0.1) is 6.92 Å². The highest BCUT2D eigenvalue weighted by Crippen LogP contribution is 2.42. The van der Waals surface area contributed by atoms with Crippen LogP contribution in [0.4, 0.5) is 5.69 Å². The molecule has 3 rings (SSSR count). The summed E-state index contributed by atoms with van der Waals surface area (Å²) in [5.41, 5.74) is 4.99. The SMILES string of the molecule is CC=C1Nc2cc(C(=O)N(C)CC(OC)OC)ccc2Sc2ccc(C)cc21. The number of ether oxygens (including phenoxy) is 2. The molecule has 2 aromatic carbocycles. The number of benzene rings is 2. The predicted molar refractivity (Wildman–Crippen MR) is 114 cm³/mol. The standard InChI is InChI=1S/C22H26N2O3S/c1-6-17-16-11-14(2)7-9-19(16)28-20-10-8-15(12-18(20)23-17)22(25)24(3)13-21(26-4)27-5/h6-12,21,23H,13H2,1-5H3. The van der Waals surface area contributed by atoms with Gasteiger partial charge >= 0.3 is 0 Å². The number of rotatable bonds is 5. The number of amides is 1. The van der Waals surface area contributed by atoms with Gasteiger partial charge in [0, 0.05) is 47.9 Å².